The van der Waals surface area contributed by atoms with E-state index in [1.54, 1.807) is 6.07 Å². The van der Waals surface area contributed by atoms with Crippen LogP contribution in [0.2, 0.25) is 0 Å². The Balaban J connectivity index is 1.62. The van der Waals surface area contributed by atoms with E-state index in [0.717, 1.165) is 22.3 Å². The van der Waals surface area contributed by atoms with Gasteiger partial charge in [0.1, 0.15) is 30.5 Å². The Morgan fingerprint density at radius 3 is 1.74 bits per heavy atom. The van der Waals surface area contributed by atoms with Gasteiger partial charge in [0.05, 0.1) is 5.39 Å². The third-order valence-electron chi connectivity index (χ3n) is 4.41. The van der Waals surface area contributed by atoms with Crippen LogP contribution < -0.4 is 9.47 Å². The summed E-state index contributed by atoms with van der Waals surface area (Å²) in [4.78, 5) is 0. The van der Waals surface area contributed by atoms with Crippen molar-refractivity contribution in [3.63, 3.8) is 0 Å². The van der Waals surface area contributed by atoms with Crippen LogP contribution in [0.15, 0.2) is 91.0 Å². The molecule has 4 aromatic rings. The molecule has 0 amide bonds. The van der Waals surface area contributed by atoms with E-state index >= 15 is 0 Å². The van der Waals surface area contributed by atoms with Gasteiger partial charge in [0.2, 0.25) is 0 Å². The molecular formula is C24H20O3. The lowest BCUT2D eigenvalue weighted by Gasteiger charge is -2.14. The maximum atomic E-state index is 10.4. The van der Waals surface area contributed by atoms with Crippen LogP contribution in [0.25, 0.3) is 10.8 Å². The van der Waals surface area contributed by atoms with Crippen LogP contribution >= 0.6 is 0 Å². The predicted molar refractivity (Wildman–Crippen MR) is 107 cm³/mol. The highest BCUT2D eigenvalue weighted by Crippen LogP contribution is 2.39. The van der Waals surface area contributed by atoms with Gasteiger partial charge in [-0.15, -0.1) is 0 Å². The fraction of sp³-hybridized carbons (Fsp3) is 0.0833. The normalized spacial score (nSPS) is 10.7. The summed E-state index contributed by atoms with van der Waals surface area (Å²) in [7, 11) is 0. The second-order valence-electron chi connectivity index (χ2n) is 6.31. The predicted octanol–water partition coefficient (Wildman–Crippen LogP) is 5.70. The standard InChI is InChI=1S/C24H20O3/c25-21-13-7-12-20-22(26-16-18-8-3-1-4-9-18)14-15-23(24(20)21)27-17-19-10-5-2-6-11-19/h1-15,25H,16-17H2. The molecule has 0 radical (unpaired) electrons. The summed E-state index contributed by atoms with van der Waals surface area (Å²) in [5, 5.41) is 11.9. The summed E-state index contributed by atoms with van der Waals surface area (Å²) in [5.74, 6) is 1.54. The van der Waals surface area contributed by atoms with E-state index in [0.29, 0.717) is 24.3 Å². The lowest BCUT2D eigenvalue weighted by atomic mass is 10.1. The fourth-order valence-electron chi connectivity index (χ4n) is 3.05. The number of phenolic OH excluding ortho intramolecular Hbond substituents is 1. The third-order valence-corrected chi connectivity index (χ3v) is 4.41. The molecule has 0 saturated heterocycles. The van der Waals surface area contributed by atoms with Crippen LogP contribution in [0.3, 0.4) is 0 Å². The van der Waals surface area contributed by atoms with Gasteiger partial charge in [-0.1, -0.05) is 72.8 Å². The largest absolute Gasteiger partial charge is 0.507 e. The molecule has 0 unspecified atom stereocenters. The van der Waals surface area contributed by atoms with E-state index < -0.39 is 0 Å². The average molecular weight is 356 g/mol. The summed E-state index contributed by atoms with van der Waals surface area (Å²) < 4.78 is 12.0. The summed E-state index contributed by atoms with van der Waals surface area (Å²) in [6.07, 6.45) is 0. The molecular weight excluding hydrogens is 336 g/mol. The van der Waals surface area contributed by atoms with Crippen LogP contribution in [0.4, 0.5) is 0 Å². The number of aromatic hydroxyl groups is 1. The van der Waals surface area contributed by atoms with Crippen LogP contribution in [0.1, 0.15) is 11.1 Å². The molecule has 27 heavy (non-hydrogen) atoms. The van der Waals surface area contributed by atoms with Crippen LogP contribution in [-0.2, 0) is 13.2 Å². The molecule has 0 bridgehead atoms. The first-order valence-electron chi connectivity index (χ1n) is 8.89. The number of fused-ring (bicyclic) bond motifs is 1. The minimum atomic E-state index is 0.181. The van der Waals surface area contributed by atoms with E-state index in [9.17, 15) is 5.11 Å². The van der Waals surface area contributed by atoms with E-state index in [4.69, 9.17) is 9.47 Å². The van der Waals surface area contributed by atoms with Gasteiger partial charge in [0.25, 0.3) is 0 Å². The van der Waals surface area contributed by atoms with Crippen molar-refractivity contribution in [2.24, 2.45) is 0 Å². The molecule has 3 nitrogen and oxygen atoms in total. The quantitative estimate of drug-likeness (QED) is 0.481. The van der Waals surface area contributed by atoms with Gasteiger partial charge >= 0.3 is 0 Å². The first-order valence-corrected chi connectivity index (χ1v) is 8.89. The number of ether oxygens (including phenoxy) is 2. The summed E-state index contributed by atoms with van der Waals surface area (Å²) in [5.41, 5.74) is 2.17. The molecule has 4 aromatic carbocycles. The first-order chi connectivity index (χ1) is 13.3. The van der Waals surface area contributed by atoms with Crippen molar-refractivity contribution >= 4 is 10.8 Å². The number of hydrogen-bond acceptors (Lipinski definition) is 3. The van der Waals surface area contributed by atoms with Gasteiger partial charge in [0, 0.05) is 5.39 Å². The molecule has 0 aliphatic rings. The molecule has 0 spiro atoms. The first kappa shape index (κ1) is 17.0. The maximum Gasteiger partial charge on any atom is 0.131 e. The average Bonchev–Trinajstić information content (AvgIpc) is 2.73. The SMILES string of the molecule is Oc1cccc2c(OCc3ccccc3)ccc(OCc3ccccc3)c12. The van der Waals surface area contributed by atoms with Gasteiger partial charge in [-0.25, -0.2) is 0 Å². The molecule has 4 rings (SSSR count). The van der Waals surface area contributed by atoms with Crippen molar-refractivity contribution < 1.29 is 14.6 Å². The molecule has 134 valence electrons. The van der Waals surface area contributed by atoms with Crippen molar-refractivity contribution in [1.29, 1.82) is 0 Å². The Hall–Kier alpha value is -3.46. The third kappa shape index (κ3) is 3.87. The van der Waals surface area contributed by atoms with E-state index in [1.165, 1.54) is 0 Å². The molecule has 3 heteroatoms. The highest BCUT2D eigenvalue weighted by atomic mass is 16.5. The number of rotatable bonds is 6. The van der Waals surface area contributed by atoms with Crippen LogP contribution in [-0.4, -0.2) is 5.11 Å². The van der Waals surface area contributed by atoms with Crippen LogP contribution in [0, 0.1) is 0 Å². The van der Waals surface area contributed by atoms with Crippen molar-refractivity contribution in [1.82, 2.24) is 0 Å². The topological polar surface area (TPSA) is 38.7 Å². The minimum Gasteiger partial charge on any atom is -0.507 e. The molecule has 0 fully saturated rings. The second kappa shape index (κ2) is 7.83. The van der Waals surface area contributed by atoms with Crippen molar-refractivity contribution in [2.45, 2.75) is 13.2 Å². The van der Waals surface area contributed by atoms with Crippen LogP contribution in [0.5, 0.6) is 17.2 Å². The zero-order valence-corrected chi connectivity index (χ0v) is 14.8. The molecule has 1 N–H and O–H groups in total. The highest BCUT2D eigenvalue weighted by molar-refractivity contribution is 5.97. The van der Waals surface area contributed by atoms with Gasteiger partial charge in [-0.3, -0.25) is 0 Å². The second-order valence-corrected chi connectivity index (χ2v) is 6.31. The Kier molecular flexibility index (Phi) is 4.93. The van der Waals surface area contributed by atoms with E-state index in [-0.39, 0.29) is 5.75 Å². The van der Waals surface area contributed by atoms with Gasteiger partial charge in [0.15, 0.2) is 0 Å². The lowest BCUT2D eigenvalue weighted by molar-refractivity contribution is 0.302. The molecule has 0 aliphatic heterocycles. The molecule has 0 aliphatic carbocycles. The minimum absolute atomic E-state index is 0.181. The Morgan fingerprint density at radius 1 is 0.556 bits per heavy atom. The van der Waals surface area contributed by atoms with Gasteiger partial charge in [-0.05, 0) is 29.3 Å². The number of benzene rings is 4. The lowest BCUT2D eigenvalue weighted by Crippen LogP contribution is -1.98. The fourth-order valence-corrected chi connectivity index (χ4v) is 3.05. The van der Waals surface area contributed by atoms with E-state index in [2.05, 4.69) is 0 Å². The van der Waals surface area contributed by atoms with Crippen molar-refractivity contribution in [3.05, 3.63) is 102 Å². The van der Waals surface area contributed by atoms with Crippen molar-refractivity contribution in [2.75, 3.05) is 0 Å². The molecule has 0 aromatic heterocycles. The zero-order valence-electron chi connectivity index (χ0n) is 14.8. The zero-order chi connectivity index (χ0) is 18.5. The number of hydrogen-bond donors (Lipinski definition) is 1. The summed E-state index contributed by atoms with van der Waals surface area (Å²) in [6.45, 7) is 0.907. The molecule has 0 heterocycles. The summed E-state index contributed by atoms with van der Waals surface area (Å²) >= 11 is 0. The molecule has 0 saturated carbocycles. The Morgan fingerprint density at radius 2 is 1.11 bits per heavy atom. The monoisotopic (exact) mass is 356 g/mol. The van der Waals surface area contributed by atoms with Gasteiger partial charge < -0.3 is 14.6 Å². The Bertz CT molecular complexity index is 1030. The maximum absolute atomic E-state index is 10.4. The van der Waals surface area contributed by atoms with E-state index in [1.807, 2.05) is 84.9 Å². The summed E-state index contributed by atoms with van der Waals surface area (Å²) in [6, 6.07) is 29.1. The highest BCUT2D eigenvalue weighted by Gasteiger charge is 2.12. The smallest absolute Gasteiger partial charge is 0.131 e. The van der Waals surface area contributed by atoms with Gasteiger partial charge in [-0.2, -0.15) is 0 Å². The Labute approximate surface area is 158 Å². The molecule has 0 atom stereocenters. The number of phenols is 1. The van der Waals surface area contributed by atoms with Crippen molar-refractivity contribution in [3.8, 4) is 17.2 Å².